The first-order valence-electron chi connectivity index (χ1n) is 5.58. The van der Waals surface area contributed by atoms with Crippen molar-refractivity contribution in [1.29, 1.82) is 0 Å². The number of carbonyl (C=O) groups excluding carboxylic acids is 1. The predicted octanol–water partition coefficient (Wildman–Crippen LogP) is 2.56. The summed E-state index contributed by atoms with van der Waals surface area (Å²) in [5.41, 5.74) is 0.435. The van der Waals surface area contributed by atoms with Crippen LogP contribution in [0, 0.1) is 5.82 Å². The van der Waals surface area contributed by atoms with E-state index in [4.69, 9.17) is 11.6 Å². The van der Waals surface area contributed by atoms with E-state index in [0.29, 0.717) is 16.8 Å². The number of rotatable bonds is 4. The van der Waals surface area contributed by atoms with Crippen LogP contribution in [0.15, 0.2) is 18.2 Å². The summed E-state index contributed by atoms with van der Waals surface area (Å²) < 4.78 is 13.0. The molecular weight excluding hydrogens is 243 g/mol. The van der Waals surface area contributed by atoms with Gasteiger partial charge in [-0.3, -0.25) is 4.79 Å². The van der Waals surface area contributed by atoms with Crippen LogP contribution < -0.4 is 10.6 Å². The third kappa shape index (κ3) is 3.33. The van der Waals surface area contributed by atoms with Crippen LogP contribution in [-0.4, -0.2) is 18.0 Å². The van der Waals surface area contributed by atoms with E-state index < -0.39 is 6.04 Å². The highest BCUT2D eigenvalue weighted by Crippen LogP contribution is 2.23. The molecule has 0 radical (unpaired) electrons. The Hall–Kier alpha value is -1.29. The molecule has 0 heterocycles. The molecule has 1 fully saturated rings. The molecule has 0 saturated heterocycles. The lowest BCUT2D eigenvalue weighted by atomic mass is 10.2. The van der Waals surface area contributed by atoms with Gasteiger partial charge in [-0.05, 0) is 38.0 Å². The largest absolute Gasteiger partial charge is 0.373 e. The highest BCUT2D eigenvalue weighted by molar-refractivity contribution is 6.33. The van der Waals surface area contributed by atoms with E-state index in [2.05, 4.69) is 10.6 Å². The maximum atomic E-state index is 13.0. The Kier molecular flexibility index (Phi) is 3.52. The van der Waals surface area contributed by atoms with Crippen molar-refractivity contribution in [1.82, 2.24) is 5.32 Å². The predicted molar refractivity (Wildman–Crippen MR) is 65.7 cm³/mol. The van der Waals surface area contributed by atoms with Crippen molar-refractivity contribution in [3.05, 3.63) is 29.0 Å². The summed E-state index contributed by atoms with van der Waals surface area (Å²) in [5.74, 6) is -0.473. The number of benzene rings is 1. The van der Waals surface area contributed by atoms with Gasteiger partial charge in [-0.25, -0.2) is 4.39 Å². The van der Waals surface area contributed by atoms with E-state index in [9.17, 15) is 9.18 Å². The molecule has 3 nitrogen and oxygen atoms in total. The standard InChI is InChI=1S/C12H14ClFN2O/c1-7(12(17)16-9-3-4-9)15-11-6-8(14)2-5-10(11)13/h2,5-7,9,15H,3-4H2,1H3,(H,16,17). The average molecular weight is 257 g/mol. The number of carbonyl (C=O) groups is 1. The zero-order chi connectivity index (χ0) is 12.4. The van der Waals surface area contributed by atoms with Crippen LogP contribution in [0.4, 0.5) is 10.1 Å². The Morgan fingerprint density at radius 2 is 2.24 bits per heavy atom. The second kappa shape index (κ2) is 4.92. The third-order valence-electron chi connectivity index (χ3n) is 2.62. The van der Waals surface area contributed by atoms with Crippen LogP contribution in [0.1, 0.15) is 19.8 Å². The molecule has 1 saturated carbocycles. The molecule has 0 aromatic heterocycles. The van der Waals surface area contributed by atoms with Crippen LogP contribution >= 0.6 is 11.6 Å². The van der Waals surface area contributed by atoms with Gasteiger partial charge < -0.3 is 10.6 Å². The van der Waals surface area contributed by atoms with Crippen LogP contribution in [0.2, 0.25) is 5.02 Å². The zero-order valence-corrected chi connectivity index (χ0v) is 10.2. The first-order chi connectivity index (χ1) is 8.06. The van der Waals surface area contributed by atoms with Crippen molar-refractivity contribution in [2.75, 3.05) is 5.32 Å². The van der Waals surface area contributed by atoms with Gasteiger partial charge in [-0.15, -0.1) is 0 Å². The fourth-order valence-electron chi connectivity index (χ4n) is 1.46. The molecule has 1 amide bonds. The van der Waals surface area contributed by atoms with E-state index in [1.165, 1.54) is 18.2 Å². The summed E-state index contributed by atoms with van der Waals surface area (Å²) in [5, 5.41) is 6.17. The SMILES string of the molecule is CC(Nc1cc(F)ccc1Cl)C(=O)NC1CC1. The third-order valence-corrected chi connectivity index (χ3v) is 2.95. The number of anilines is 1. The number of amides is 1. The van der Waals surface area contributed by atoms with Crippen molar-refractivity contribution >= 4 is 23.2 Å². The summed E-state index contributed by atoms with van der Waals surface area (Å²) in [6, 6.07) is 3.90. The van der Waals surface area contributed by atoms with Crippen LogP contribution in [0.25, 0.3) is 0 Å². The van der Waals surface area contributed by atoms with E-state index in [1.807, 2.05) is 0 Å². The Balaban J connectivity index is 1.98. The first-order valence-corrected chi connectivity index (χ1v) is 5.96. The molecule has 1 aromatic rings. The summed E-state index contributed by atoms with van der Waals surface area (Å²) >= 11 is 5.90. The van der Waals surface area contributed by atoms with E-state index >= 15 is 0 Å². The molecule has 1 aromatic carbocycles. The van der Waals surface area contributed by atoms with Gasteiger partial charge in [0.1, 0.15) is 11.9 Å². The lowest BCUT2D eigenvalue weighted by molar-refractivity contribution is -0.121. The highest BCUT2D eigenvalue weighted by atomic mass is 35.5. The highest BCUT2D eigenvalue weighted by Gasteiger charge is 2.25. The van der Waals surface area contributed by atoms with E-state index in [-0.39, 0.29) is 11.7 Å². The molecule has 2 rings (SSSR count). The number of hydrogen-bond donors (Lipinski definition) is 2. The fraction of sp³-hybridized carbons (Fsp3) is 0.417. The molecule has 2 N–H and O–H groups in total. The number of nitrogens with one attached hydrogen (secondary N) is 2. The second-order valence-corrected chi connectivity index (χ2v) is 4.68. The fourth-order valence-corrected chi connectivity index (χ4v) is 1.63. The molecule has 1 aliphatic carbocycles. The van der Waals surface area contributed by atoms with Gasteiger partial charge in [-0.2, -0.15) is 0 Å². The molecule has 17 heavy (non-hydrogen) atoms. The van der Waals surface area contributed by atoms with Crippen molar-refractivity contribution in [2.24, 2.45) is 0 Å². The van der Waals surface area contributed by atoms with E-state index in [1.54, 1.807) is 6.92 Å². The van der Waals surface area contributed by atoms with Gasteiger partial charge in [0.15, 0.2) is 0 Å². The summed E-state index contributed by atoms with van der Waals surface area (Å²) in [4.78, 5) is 11.7. The summed E-state index contributed by atoms with van der Waals surface area (Å²) in [6.07, 6.45) is 2.08. The second-order valence-electron chi connectivity index (χ2n) is 4.27. The molecule has 92 valence electrons. The molecule has 1 atom stereocenters. The number of hydrogen-bond acceptors (Lipinski definition) is 2. The minimum Gasteiger partial charge on any atom is -0.373 e. The zero-order valence-electron chi connectivity index (χ0n) is 9.47. The van der Waals surface area contributed by atoms with Gasteiger partial charge >= 0.3 is 0 Å². The lowest BCUT2D eigenvalue weighted by Gasteiger charge is -2.16. The maximum Gasteiger partial charge on any atom is 0.242 e. The average Bonchev–Trinajstić information content (AvgIpc) is 3.07. The van der Waals surface area contributed by atoms with E-state index in [0.717, 1.165) is 12.8 Å². The Labute approximate surface area is 104 Å². The van der Waals surface area contributed by atoms with Crippen molar-refractivity contribution in [2.45, 2.75) is 31.8 Å². The molecule has 0 spiro atoms. The van der Waals surface area contributed by atoms with Gasteiger partial charge in [0, 0.05) is 6.04 Å². The lowest BCUT2D eigenvalue weighted by Crippen LogP contribution is -2.38. The van der Waals surface area contributed by atoms with Gasteiger partial charge in [0.25, 0.3) is 0 Å². The number of halogens is 2. The topological polar surface area (TPSA) is 41.1 Å². The van der Waals surface area contributed by atoms with Crippen LogP contribution in [0.5, 0.6) is 0 Å². The van der Waals surface area contributed by atoms with Crippen molar-refractivity contribution in [3.8, 4) is 0 Å². The Bertz CT molecular complexity index is 435. The van der Waals surface area contributed by atoms with Crippen molar-refractivity contribution < 1.29 is 9.18 Å². The Morgan fingerprint density at radius 3 is 2.88 bits per heavy atom. The van der Waals surface area contributed by atoms with Crippen LogP contribution in [0.3, 0.4) is 0 Å². The maximum absolute atomic E-state index is 13.0. The molecule has 5 heteroatoms. The summed E-state index contributed by atoms with van der Waals surface area (Å²) in [6.45, 7) is 1.72. The summed E-state index contributed by atoms with van der Waals surface area (Å²) in [7, 11) is 0. The molecular formula is C12H14ClFN2O. The molecule has 0 bridgehead atoms. The van der Waals surface area contributed by atoms with Gasteiger partial charge in [-0.1, -0.05) is 11.6 Å². The van der Waals surface area contributed by atoms with Crippen molar-refractivity contribution in [3.63, 3.8) is 0 Å². The Morgan fingerprint density at radius 1 is 1.53 bits per heavy atom. The minimum absolute atomic E-state index is 0.0900. The molecule has 1 aliphatic rings. The van der Waals surface area contributed by atoms with Gasteiger partial charge in [0.2, 0.25) is 5.91 Å². The van der Waals surface area contributed by atoms with Crippen LogP contribution in [-0.2, 0) is 4.79 Å². The smallest absolute Gasteiger partial charge is 0.242 e. The molecule has 0 aliphatic heterocycles. The minimum atomic E-state index is -0.435. The monoisotopic (exact) mass is 256 g/mol. The normalized spacial score (nSPS) is 16.4. The quantitative estimate of drug-likeness (QED) is 0.869. The first kappa shape index (κ1) is 12.2. The van der Waals surface area contributed by atoms with Gasteiger partial charge in [0.05, 0.1) is 10.7 Å². The molecule has 1 unspecified atom stereocenters.